The zero-order valence-electron chi connectivity index (χ0n) is 19.6. The topological polar surface area (TPSA) is 107 Å². The average molecular weight is 449 g/mol. The highest BCUT2D eigenvalue weighted by Gasteiger charge is 2.68. The molecule has 5 aliphatic rings. The maximum Gasteiger partial charge on any atom is 0.331 e. The lowest BCUT2D eigenvalue weighted by atomic mass is 9.42. The summed E-state index contributed by atoms with van der Waals surface area (Å²) in [6.07, 6.45) is 8.94. The van der Waals surface area contributed by atoms with Crippen molar-refractivity contribution in [1.82, 2.24) is 0 Å². The van der Waals surface area contributed by atoms with Gasteiger partial charge in [0.1, 0.15) is 6.61 Å². The summed E-state index contributed by atoms with van der Waals surface area (Å²) in [5.74, 6) is 1.02. The zero-order valence-corrected chi connectivity index (χ0v) is 19.6. The van der Waals surface area contributed by atoms with E-state index >= 15 is 0 Å². The number of fused-ring (bicyclic) bond motifs is 5. The number of cyclic esters (lactones) is 1. The molecule has 4 aliphatic carbocycles. The molecule has 0 aromatic carbocycles. The zero-order chi connectivity index (χ0) is 22.9. The van der Waals surface area contributed by atoms with Gasteiger partial charge in [-0.3, -0.25) is 0 Å². The Bertz CT molecular complexity index is 810. The monoisotopic (exact) mass is 448 g/mol. The van der Waals surface area contributed by atoms with Gasteiger partial charge < -0.3 is 25.2 Å². The summed E-state index contributed by atoms with van der Waals surface area (Å²) in [6.45, 7) is 4.69. The first-order valence-electron chi connectivity index (χ1n) is 12.7. The van der Waals surface area contributed by atoms with Crippen molar-refractivity contribution in [3.8, 4) is 0 Å². The molecule has 9 atom stereocenters. The molecule has 0 aromatic rings. The number of carbonyl (C=O) groups excluding carboxylic acids is 1. The van der Waals surface area contributed by atoms with Crippen LogP contribution in [0.3, 0.4) is 0 Å². The van der Waals surface area contributed by atoms with Gasteiger partial charge in [-0.1, -0.05) is 13.8 Å². The van der Waals surface area contributed by atoms with E-state index in [1.165, 1.54) is 0 Å². The quantitative estimate of drug-likeness (QED) is 0.493. The molecular weight excluding hydrogens is 408 g/mol. The summed E-state index contributed by atoms with van der Waals surface area (Å²) in [7, 11) is 0. The highest BCUT2D eigenvalue weighted by molar-refractivity contribution is 5.85. The highest BCUT2D eigenvalue weighted by Crippen LogP contribution is 2.70. The number of aliphatic hydroxyl groups is 4. The third-order valence-corrected chi connectivity index (χ3v) is 11.0. The van der Waals surface area contributed by atoms with Gasteiger partial charge in [-0.2, -0.15) is 0 Å². The van der Waals surface area contributed by atoms with Crippen LogP contribution >= 0.6 is 0 Å². The number of carbonyl (C=O) groups is 1. The van der Waals surface area contributed by atoms with E-state index in [0.29, 0.717) is 31.3 Å². The van der Waals surface area contributed by atoms with Crippen molar-refractivity contribution in [1.29, 1.82) is 0 Å². The van der Waals surface area contributed by atoms with E-state index in [1.54, 1.807) is 6.08 Å². The Morgan fingerprint density at radius 2 is 1.84 bits per heavy atom. The van der Waals surface area contributed by atoms with Crippen LogP contribution in [0, 0.1) is 34.5 Å². The molecule has 4 fully saturated rings. The van der Waals surface area contributed by atoms with Crippen LogP contribution < -0.4 is 0 Å². The van der Waals surface area contributed by atoms with Gasteiger partial charge in [-0.15, -0.1) is 0 Å². The Kier molecular flexibility index (Phi) is 5.37. The largest absolute Gasteiger partial charge is 0.458 e. The Labute approximate surface area is 191 Å². The molecule has 0 amide bonds. The lowest BCUT2D eigenvalue weighted by Crippen LogP contribution is -2.63. The Morgan fingerprint density at radius 1 is 1.06 bits per heavy atom. The van der Waals surface area contributed by atoms with E-state index in [-0.39, 0.29) is 41.7 Å². The molecule has 4 saturated carbocycles. The molecule has 0 saturated heterocycles. The third-order valence-electron chi connectivity index (χ3n) is 11.0. The minimum Gasteiger partial charge on any atom is -0.458 e. The fourth-order valence-corrected chi connectivity index (χ4v) is 9.16. The van der Waals surface area contributed by atoms with Crippen molar-refractivity contribution in [2.45, 2.75) is 95.4 Å². The van der Waals surface area contributed by atoms with Crippen LogP contribution in [0.25, 0.3) is 0 Å². The van der Waals surface area contributed by atoms with Gasteiger partial charge in [0, 0.05) is 17.9 Å². The van der Waals surface area contributed by atoms with Crippen molar-refractivity contribution in [3.63, 3.8) is 0 Å². The molecule has 6 nitrogen and oxygen atoms in total. The number of hydrogen-bond acceptors (Lipinski definition) is 6. The molecule has 0 aromatic heterocycles. The number of ether oxygens (including phenoxy) is 1. The fraction of sp³-hybridized carbons (Fsp3) is 0.885. The van der Waals surface area contributed by atoms with E-state index < -0.39 is 17.3 Å². The Morgan fingerprint density at radius 3 is 2.53 bits per heavy atom. The molecule has 6 heteroatoms. The first-order chi connectivity index (χ1) is 15.0. The van der Waals surface area contributed by atoms with E-state index in [0.717, 1.165) is 50.5 Å². The summed E-state index contributed by atoms with van der Waals surface area (Å²) in [4.78, 5) is 11.7. The van der Waals surface area contributed by atoms with Crippen molar-refractivity contribution < 1.29 is 30.0 Å². The first kappa shape index (κ1) is 22.8. The summed E-state index contributed by atoms with van der Waals surface area (Å²) in [5, 5.41) is 42.6. The number of esters is 1. The van der Waals surface area contributed by atoms with Crippen molar-refractivity contribution in [2.24, 2.45) is 34.5 Å². The average Bonchev–Trinajstić information content (AvgIpc) is 3.28. The lowest BCUT2D eigenvalue weighted by Gasteiger charge is -2.64. The second-order valence-electron chi connectivity index (χ2n) is 12.3. The van der Waals surface area contributed by atoms with Gasteiger partial charge >= 0.3 is 5.97 Å². The molecule has 32 heavy (non-hydrogen) atoms. The van der Waals surface area contributed by atoms with Crippen LogP contribution in [0.15, 0.2) is 11.6 Å². The van der Waals surface area contributed by atoms with Crippen LogP contribution in [0.5, 0.6) is 0 Å². The Hall–Kier alpha value is -0.950. The number of hydrogen-bond donors (Lipinski definition) is 4. The van der Waals surface area contributed by atoms with Gasteiger partial charge in [0.2, 0.25) is 0 Å². The number of rotatable bonds is 4. The lowest BCUT2D eigenvalue weighted by molar-refractivity contribution is -0.217. The van der Waals surface area contributed by atoms with Gasteiger partial charge in [-0.25, -0.2) is 4.79 Å². The smallest absolute Gasteiger partial charge is 0.331 e. The first-order valence-corrected chi connectivity index (χ1v) is 12.7. The summed E-state index contributed by atoms with van der Waals surface area (Å²) >= 11 is 0. The summed E-state index contributed by atoms with van der Waals surface area (Å²) in [6, 6.07) is 0. The van der Waals surface area contributed by atoms with E-state index in [9.17, 15) is 25.2 Å². The van der Waals surface area contributed by atoms with Crippen LogP contribution in [0.2, 0.25) is 0 Å². The molecule has 5 rings (SSSR count). The molecule has 0 bridgehead atoms. The summed E-state index contributed by atoms with van der Waals surface area (Å²) in [5.41, 5.74) is -0.698. The van der Waals surface area contributed by atoms with Gasteiger partial charge in [0.25, 0.3) is 0 Å². The van der Waals surface area contributed by atoms with E-state index in [1.807, 2.05) is 0 Å². The molecule has 1 aliphatic heterocycles. The summed E-state index contributed by atoms with van der Waals surface area (Å²) < 4.78 is 5.21. The predicted octanol–water partition coefficient (Wildman–Crippen LogP) is 2.72. The van der Waals surface area contributed by atoms with Crippen molar-refractivity contribution in [3.05, 3.63) is 11.6 Å². The van der Waals surface area contributed by atoms with Gasteiger partial charge in [0.05, 0.1) is 23.9 Å². The molecule has 180 valence electrons. The fourth-order valence-electron chi connectivity index (χ4n) is 9.16. The molecule has 0 radical (unpaired) electrons. The molecule has 1 heterocycles. The minimum atomic E-state index is -0.904. The van der Waals surface area contributed by atoms with Gasteiger partial charge in [0.15, 0.2) is 0 Å². The van der Waals surface area contributed by atoms with E-state index in [4.69, 9.17) is 4.74 Å². The molecule has 0 spiro atoms. The van der Waals surface area contributed by atoms with Crippen molar-refractivity contribution >= 4 is 5.97 Å². The second kappa shape index (κ2) is 7.53. The second-order valence-corrected chi connectivity index (χ2v) is 12.3. The molecular formula is C26H40O6. The predicted molar refractivity (Wildman–Crippen MR) is 118 cm³/mol. The van der Waals surface area contributed by atoms with Crippen LogP contribution in [-0.2, 0) is 9.53 Å². The Balaban J connectivity index is 1.38. The van der Waals surface area contributed by atoms with Gasteiger partial charge in [-0.05, 0) is 92.4 Å². The van der Waals surface area contributed by atoms with Crippen LogP contribution in [-0.4, -0.2) is 56.9 Å². The highest BCUT2D eigenvalue weighted by atomic mass is 16.5. The standard InChI is InChI=1S/C26H40O6/c1-23-9-10-25(30,13-18(28)14-27)12-17(23)3-4-21-20(23)5-7-24(2)19(6-8-26(21,24)31)16-11-22(29)32-15-16/h11,17-21,27-28,30-31H,3-10,12-15H2,1-2H3/t17-,18?,19-,20+,21-,23+,24-,25+,26+/m1/s1. The van der Waals surface area contributed by atoms with Crippen molar-refractivity contribution in [2.75, 3.05) is 13.2 Å². The normalized spacial score (nSPS) is 51.3. The number of aliphatic hydroxyl groups excluding tert-OH is 2. The third kappa shape index (κ3) is 3.16. The minimum absolute atomic E-state index is 0.0835. The molecule has 1 unspecified atom stereocenters. The maximum absolute atomic E-state index is 12.3. The molecule has 4 N–H and O–H groups in total. The SMILES string of the molecule is C[C@]12CC[C@@](O)(CC(O)CO)C[C@H]1CC[C@@H]1[C@@H]2CC[C@]2(C)[C@@H](C3=CC(=O)OC3)CC[C@]12O. The van der Waals surface area contributed by atoms with Crippen LogP contribution in [0.4, 0.5) is 0 Å². The maximum atomic E-state index is 12.3. The van der Waals surface area contributed by atoms with E-state index in [2.05, 4.69) is 13.8 Å². The van der Waals surface area contributed by atoms with Crippen LogP contribution in [0.1, 0.15) is 78.1 Å².